The Balaban J connectivity index is 1.65. The van der Waals surface area contributed by atoms with Gasteiger partial charge in [0.05, 0.1) is 36.0 Å². The number of nitro groups is 1. The summed E-state index contributed by atoms with van der Waals surface area (Å²) in [6.07, 6.45) is 5.88. The van der Waals surface area contributed by atoms with Crippen LogP contribution < -0.4 is 5.32 Å². The molecule has 0 radical (unpaired) electrons. The van der Waals surface area contributed by atoms with Crippen LogP contribution in [0.4, 0.5) is 11.4 Å². The smallest absolute Gasteiger partial charge is 0.338 e. The molecule has 1 amide bonds. The summed E-state index contributed by atoms with van der Waals surface area (Å²) in [7, 11) is 1.32. The van der Waals surface area contributed by atoms with Crippen LogP contribution >= 0.6 is 0 Å². The Bertz CT molecular complexity index is 1120. The lowest BCUT2D eigenvalue weighted by Crippen LogP contribution is -2.09. The molecule has 0 unspecified atom stereocenters. The van der Waals surface area contributed by atoms with E-state index in [2.05, 4.69) is 10.4 Å². The number of ether oxygens (including phenoxy) is 1. The minimum atomic E-state index is -0.496. The highest BCUT2D eigenvalue weighted by atomic mass is 16.6. The first-order valence-corrected chi connectivity index (χ1v) is 8.88. The average molecular weight is 406 g/mol. The fourth-order valence-corrected chi connectivity index (χ4v) is 2.75. The highest BCUT2D eigenvalue weighted by Gasteiger charge is 2.12. The highest BCUT2D eigenvalue weighted by molar-refractivity contribution is 6.01. The van der Waals surface area contributed by atoms with Gasteiger partial charge in [-0.1, -0.05) is 30.3 Å². The van der Waals surface area contributed by atoms with Crippen molar-refractivity contribution in [2.24, 2.45) is 0 Å². The van der Waals surface area contributed by atoms with Crippen molar-refractivity contribution in [2.75, 3.05) is 12.4 Å². The van der Waals surface area contributed by atoms with E-state index in [0.29, 0.717) is 23.4 Å². The number of hydrogen-bond donors (Lipinski definition) is 1. The van der Waals surface area contributed by atoms with Gasteiger partial charge in [-0.2, -0.15) is 5.10 Å². The number of rotatable bonds is 7. The van der Waals surface area contributed by atoms with Gasteiger partial charge < -0.3 is 10.1 Å². The van der Waals surface area contributed by atoms with Crippen molar-refractivity contribution >= 4 is 29.3 Å². The van der Waals surface area contributed by atoms with Gasteiger partial charge in [-0.3, -0.25) is 19.6 Å². The zero-order valence-corrected chi connectivity index (χ0v) is 16.0. The number of hydrogen-bond acceptors (Lipinski definition) is 6. The Hall–Kier alpha value is -4.27. The second-order valence-corrected chi connectivity index (χ2v) is 6.25. The number of anilines is 1. The number of amides is 1. The molecule has 0 aliphatic heterocycles. The highest BCUT2D eigenvalue weighted by Crippen LogP contribution is 2.15. The van der Waals surface area contributed by atoms with Crippen molar-refractivity contribution in [3.8, 4) is 0 Å². The average Bonchev–Trinajstić information content (AvgIpc) is 3.19. The lowest BCUT2D eigenvalue weighted by atomic mass is 10.1. The summed E-state index contributed by atoms with van der Waals surface area (Å²) in [4.78, 5) is 34.3. The second kappa shape index (κ2) is 9.28. The van der Waals surface area contributed by atoms with Crippen molar-refractivity contribution in [1.82, 2.24) is 9.78 Å². The number of methoxy groups -OCH3 is 1. The molecule has 0 saturated carbocycles. The molecule has 1 N–H and O–H groups in total. The number of aromatic nitrogens is 2. The van der Waals surface area contributed by atoms with E-state index in [9.17, 15) is 19.7 Å². The molecule has 30 heavy (non-hydrogen) atoms. The van der Waals surface area contributed by atoms with Gasteiger partial charge in [0, 0.05) is 24.4 Å². The zero-order valence-electron chi connectivity index (χ0n) is 16.0. The predicted octanol–water partition coefficient (Wildman–Crippen LogP) is 3.28. The van der Waals surface area contributed by atoms with Crippen LogP contribution in [0.3, 0.4) is 0 Å². The van der Waals surface area contributed by atoms with Crippen molar-refractivity contribution in [1.29, 1.82) is 0 Å². The molecule has 0 atom stereocenters. The van der Waals surface area contributed by atoms with Crippen LogP contribution in [0.2, 0.25) is 0 Å². The predicted molar refractivity (Wildman–Crippen MR) is 110 cm³/mol. The standard InChI is InChI=1S/C21H18N4O5/c1-30-21(27)19-8-3-2-6-16(19)13-24-14-17(12-22-24)23-20(26)10-9-15-5-4-7-18(11-15)25(28)29/h2-12,14H,13H2,1H3,(H,23,26)/b10-9+. The normalized spacial score (nSPS) is 10.7. The van der Waals surface area contributed by atoms with Crippen LogP contribution in [0, 0.1) is 10.1 Å². The van der Waals surface area contributed by atoms with Crippen LogP contribution in [0.15, 0.2) is 67.0 Å². The van der Waals surface area contributed by atoms with Crippen LogP contribution in [0.5, 0.6) is 0 Å². The molecule has 0 aliphatic carbocycles. The number of nitrogens with zero attached hydrogens (tertiary/aromatic N) is 3. The lowest BCUT2D eigenvalue weighted by molar-refractivity contribution is -0.384. The third kappa shape index (κ3) is 5.16. The Morgan fingerprint density at radius 1 is 1.23 bits per heavy atom. The molecule has 9 heteroatoms. The first kappa shape index (κ1) is 20.5. The topological polar surface area (TPSA) is 116 Å². The van der Waals surface area contributed by atoms with E-state index in [0.717, 1.165) is 5.56 Å². The van der Waals surface area contributed by atoms with Gasteiger partial charge in [-0.15, -0.1) is 0 Å². The zero-order chi connectivity index (χ0) is 21.5. The summed E-state index contributed by atoms with van der Waals surface area (Å²) < 4.78 is 6.37. The van der Waals surface area contributed by atoms with Gasteiger partial charge >= 0.3 is 5.97 Å². The molecule has 9 nitrogen and oxygen atoms in total. The summed E-state index contributed by atoms with van der Waals surface area (Å²) in [5.74, 6) is -0.839. The Kier molecular flexibility index (Phi) is 6.33. The molecule has 1 heterocycles. The molecule has 0 aliphatic rings. The molecule has 0 bridgehead atoms. The first-order chi connectivity index (χ1) is 14.5. The number of benzene rings is 2. The Morgan fingerprint density at radius 3 is 2.80 bits per heavy atom. The van der Waals surface area contributed by atoms with Crippen molar-refractivity contribution in [2.45, 2.75) is 6.54 Å². The first-order valence-electron chi connectivity index (χ1n) is 8.88. The van der Waals surface area contributed by atoms with Gasteiger partial charge in [0.2, 0.25) is 5.91 Å². The SMILES string of the molecule is COC(=O)c1ccccc1Cn1cc(NC(=O)/C=C/c2cccc([N+](=O)[O-])c2)cn1. The van der Waals surface area contributed by atoms with E-state index in [1.165, 1.54) is 37.6 Å². The number of non-ortho nitro benzene ring substituents is 1. The minimum Gasteiger partial charge on any atom is -0.465 e. The molecule has 0 saturated heterocycles. The Labute approximate surface area is 171 Å². The van der Waals surface area contributed by atoms with Crippen LogP contribution in [0.1, 0.15) is 21.5 Å². The monoisotopic (exact) mass is 406 g/mol. The molecule has 3 aromatic rings. The van der Waals surface area contributed by atoms with Crippen LogP contribution in [-0.2, 0) is 16.1 Å². The third-order valence-corrected chi connectivity index (χ3v) is 4.16. The minimum absolute atomic E-state index is 0.0499. The Morgan fingerprint density at radius 2 is 2.03 bits per heavy atom. The third-order valence-electron chi connectivity index (χ3n) is 4.16. The number of nitrogens with one attached hydrogen (secondary N) is 1. The summed E-state index contributed by atoms with van der Waals surface area (Å²) in [5.41, 5.74) is 2.14. The summed E-state index contributed by atoms with van der Waals surface area (Å²) in [6, 6.07) is 13.0. The molecular weight excluding hydrogens is 388 g/mol. The number of carbonyl (C=O) groups is 2. The van der Waals surface area contributed by atoms with Crippen molar-refractivity contribution in [3.63, 3.8) is 0 Å². The van der Waals surface area contributed by atoms with E-state index in [1.54, 1.807) is 41.2 Å². The molecular formula is C21H18N4O5. The van der Waals surface area contributed by atoms with Crippen LogP contribution in [-0.4, -0.2) is 33.7 Å². The maximum Gasteiger partial charge on any atom is 0.338 e. The second-order valence-electron chi connectivity index (χ2n) is 6.25. The maximum atomic E-state index is 12.1. The number of nitro benzene ring substituents is 1. The van der Waals surface area contributed by atoms with Gasteiger partial charge in [0.15, 0.2) is 0 Å². The van der Waals surface area contributed by atoms with E-state index in [-0.39, 0.29) is 5.69 Å². The molecule has 0 fully saturated rings. The van der Waals surface area contributed by atoms with Crippen LogP contribution in [0.25, 0.3) is 6.08 Å². The molecule has 152 valence electrons. The largest absolute Gasteiger partial charge is 0.465 e. The van der Waals surface area contributed by atoms with E-state index >= 15 is 0 Å². The van der Waals surface area contributed by atoms with E-state index in [1.807, 2.05) is 6.07 Å². The molecule has 0 spiro atoms. The van der Waals surface area contributed by atoms with Gasteiger partial charge in [-0.05, 0) is 23.3 Å². The van der Waals surface area contributed by atoms with Crippen molar-refractivity contribution in [3.05, 3.63) is 93.8 Å². The van der Waals surface area contributed by atoms with Gasteiger partial charge in [0.1, 0.15) is 0 Å². The van der Waals surface area contributed by atoms with E-state index in [4.69, 9.17) is 4.74 Å². The molecule has 1 aromatic heterocycles. The summed E-state index contributed by atoms with van der Waals surface area (Å²) in [5, 5.41) is 17.7. The fourth-order valence-electron chi connectivity index (χ4n) is 2.75. The fraction of sp³-hybridized carbons (Fsp3) is 0.0952. The lowest BCUT2D eigenvalue weighted by Gasteiger charge is -2.07. The van der Waals surface area contributed by atoms with Crippen molar-refractivity contribution < 1.29 is 19.2 Å². The van der Waals surface area contributed by atoms with E-state index < -0.39 is 16.8 Å². The maximum absolute atomic E-state index is 12.1. The number of carbonyl (C=O) groups excluding carboxylic acids is 2. The molecule has 2 aromatic carbocycles. The number of esters is 1. The van der Waals surface area contributed by atoms with Gasteiger partial charge in [0.25, 0.3) is 5.69 Å². The van der Waals surface area contributed by atoms with Gasteiger partial charge in [-0.25, -0.2) is 4.79 Å². The quantitative estimate of drug-likeness (QED) is 0.279. The summed E-state index contributed by atoms with van der Waals surface area (Å²) in [6.45, 7) is 0.324. The molecule has 3 rings (SSSR count). The summed E-state index contributed by atoms with van der Waals surface area (Å²) >= 11 is 0.